The zero-order valence-electron chi connectivity index (χ0n) is 8.52. The van der Waals surface area contributed by atoms with E-state index in [1.54, 1.807) is 24.4 Å². The molecule has 1 heterocycles. The Morgan fingerprint density at radius 3 is 2.93 bits per heavy atom. The Morgan fingerprint density at radius 1 is 1.40 bits per heavy atom. The van der Waals surface area contributed by atoms with Crippen LogP contribution in [0, 0.1) is 6.92 Å². The van der Waals surface area contributed by atoms with Gasteiger partial charge >= 0.3 is 5.97 Å². The van der Waals surface area contributed by atoms with Crippen LogP contribution in [0.25, 0.3) is 10.9 Å². The summed E-state index contributed by atoms with van der Waals surface area (Å²) in [6.45, 7) is 1.81. The molecule has 0 aliphatic rings. The highest BCUT2D eigenvalue weighted by Crippen LogP contribution is 2.13. The molecule has 15 heavy (non-hydrogen) atoms. The summed E-state index contributed by atoms with van der Waals surface area (Å²) in [5.74, 6) is 0.331. The van der Waals surface area contributed by atoms with E-state index in [1.165, 1.54) is 7.11 Å². The van der Waals surface area contributed by atoms with E-state index in [4.69, 9.17) is 0 Å². The Bertz CT molecular complexity index is 523. The van der Waals surface area contributed by atoms with Gasteiger partial charge in [-0.05, 0) is 19.1 Å². The van der Waals surface area contributed by atoms with Gasteiger partial charge in [0, 0.05) is 11.6 Å². The summed E-state index contributed by atoms with van der Waals surface area (Å²) in [4.78, 5) is 19.6. The van der Waals surface area contributed by atoms with Gasteiger partial charge in [-0.2, -0.15) is 0 Å². The van der Waals surface area contributed by atoms with Gasteiger partial charge in [0.2, 0.25) is 0 Å². The highest BCUT2D eigenvalue weighted by atomic mass is 16.5. The van der Waals surface area contributed by atoms with Gasteiger partial charge in [-0.1, -0.05) is 6.07 Å². The monoisotopic (exact) mass is 202 g/mol. The maximum absolute atomic E-state index is 11.3. The Hall–Kier alpha value is -1.97. The molecule has 1 aromatic heterocycles. The molecule has 0 spiro atoms. The van der Waals surface area contributed by atoms with E-state index in [0.29, 0.717) is 11.4 Å². The molecule has 0 amide bonds. The second kappa shape index (κ2) is 3.65. The average Bonchev–Trinajstić information content (AvgIpc) is 2.27. The number of ether oxygens (including phenoxy) is 1. The zero-order chi connectivity index (χ0) is 10.8. The van der Waals surface area contributed by atoms with Gasteiger partial charge in [0.25, 0.3) is 0 Å². The number of aromatic nitrogens is 2. The van der Waals surface area contributed by atoms with Crippen molar-refractivity contribution in [2.45, 2.75) is 6.92 Å². The van der Waals surface area contributed by atoms with Gasteiger partial charge in [-0.25, -0.2) is 14.8 Å². The van der Waals surface area contributed by atoms with Crippen LogP contribution in [0.1, 0.15) is 16.2 Å². The quantitative estimate of drug-likeness (QED) is 0.661. The lowest BCUT2D eigenvalue weighted by Crippen LogP contribution is -2.01. The molecule has 0 atom stereocenters. The minimum Gasteiger partial charge on any atom is -0.465 e. The first-order valence-corrected chi connectivity index (χ1v) is 4.52. The Balaban J connectivity index is 2.59. The molecule has 0 saturated heterocycles. The number of nitrogens with zero attached hydrogens (tertiary/aromatic N) is 2. The fourth-order valence-electron chi connectivity index (χ4n) is 1.36. The Kier molecular flexibility index (Phi) is 2.33. The first-order chi connectivity index (χ1) is 7.20. The molecule has 2 rings (SSSR count). The van der Waals surface area contributed by atoms with Crippen LogP contribution in [0.15, 0.2) is 24.4 Å². The van der Waals surface area contributed by atoms with Crippen molar-refractivity contribution in [1.29, 1.82) is 0 Å². The Labute approximate surface area is 86.9 Å². The van der Waals surface area contributed by atoms with Crippen LogP contribution in [0.3, 0.4) is 0 Å². The highest BCUT2D eigenvalue weighted by molar-refractivity contribution is 5.93. The first kappa shape index (κ1) is 9.58. The predicted molar refractivity (Wildman–Crippen MR) is 55.6 cm³/mol. The molecule has 0 saturated carbocycles. The van der Waals surface area contributed by atoms with Crippen molar-refractivity contribution < 1.29 is 9.53 Å². The summed E-state index contributed by atoms with van der Waals surface area (Å²) in [7, 11) is 1.36. The number of benzene rings is 1. The van der Waals surface area contributed by atoms with Crippen molar-refractivity contribution >= 4 is 16.9 Å². The molecule has 0 radical (unpaired) electrons. The molecule has 4 heteroatoms. The SMILES string of the molecule is COC(=O)c1ccc2cnc(C)nc2c1. The summed E-state index contributed by atoms with van der Waals surface area (Å²) >= 11 is 0. The van der Waals surface area contributed by atoms with Crippen LogP contribution < -0.4 is 0 Å². The summed E-state index contributed by atoms with van der Waals surface area (Å²) in [5, 5.41) is 0.910. The number of esters is 1. The minimum atomic E-state index is -0.354. The topological polar surface area (TPSA) is 52.1 Å². The summed E-state index contributed by atoms with van der Waals surface area (Å²) in [6, 6.07) is 5.21. The molecular weight excluding hydrogens is 192 g/mol. The van der Waals surface area contributed by atoms with Crippen LogP contribution in [-0.4, -0.2) is 23.0 Å². The van der Waals surface area contributed by atoms with Gasteiger partial charge < -0.3 is 4.74 Å². The molecule has 4 nitrogen and oxygen atoms in total. The predicted octanol–water partition coefficient (Wildman–Crippen LogP) is 1.72. The molecule has 0 aliphatic heterocycles. The molecule has 1 aromatic carbocycles. The second-order valence-corrected chi connectivity index (χ2v) is 3.18. The fourth-order valence-corrected chi connectivity index (χ4v) is 1.36. The van der Waals surface area contributed by atoms with Gasteiger partial charge in [-0.3, -0.25) is 0 Å². The van der Waals surface area contributed by atoms with Crippen LogP contribution in [0.4, 0.5) is 0 Å². The fraction of sp³-hybridized carbons (Fsp3) is 0.182. The number of hydrogen-bond acceptors (Lipinski definition) is 4. The maximum atomic E-state index is 11.3. The van der Waals surface area contributed by atoms with E-state index in [-0.39, 0.29) is 5.97 Å². The Morgan fingerprint density at radius 2 is 2.20 bits per heavy atom. The third-order valence-electron chi connectivity index (χ3n) is 2.12. The van der Waals surface area contributed by atoms with E-state index in [0.717, 1.165) is 10.9 Å². The number of rotatable bonds is 1. The van der Waals surface area contributed by atoms with E-state index < -0.39 is 0 Å². The molecule has 76 valence electrons. The van der Waals surface area contributed by atoms with Gasteiger partial charge in [0.1, 0.15) is 5.82 Å². The highest BCUT2D eigenvalue weighted by Gasteiger charge is 2.06. The molecule has 2 aromatic rings. The number of carbonyl (C=O) groups excluding carboxylic acids is 1. The number of aryl methyl sites for hydroxylation is 1. The third kappa shape index (κ3) is 1.79. The average molecular weight is 202 g/mol. The van der Waals surface area contributed by atoms with Crippen LogP contribution in [0.5, 0.6) is 0 Å². The van der Waals surface area contributed by atoms with Crippen LogP contribution in [0.2, 0.25) is 0 Å². The number of carbonyl (C=O) groups is 1. The lowest BCUT2D eigenvalue weighted by atomic mass is 10.1. The largest absolute Gasteiger partial charge is 0.465 e. The smallest absolute Gasteiger partial charge is 0.337 e. The van der Waals surface area contributed by atoms with Gasteiger partial charge in [-0.15, -0.1) is 0 Å². The lowest BCUT2D eigenvalue weighted by Gasteiger charge is -2.01. The maximum Gasteiger partial charge on any atom is 0.337 e. The van der Waals surface area contributed by atoms with Crippen molar-refractivity contribution in [3.8, 4) is 0 Å². The molecule has 0 fully saturated rings. The van der Waals surface area contributed by atoms with Crippen molar-refractivity contribution in [3.63, 3.8) is 0 Å². The lowest BCUT2D eigenvalue weighted by molar-refractivity contribution is 0.0601. The standard InChI is InChI=1S/C11H10N2O2/c1-7-12-6-9-4-3-8(11(14)15-2)5-10(9)13-7/h3-6H,1-2H3. The zero-order valence-corrected chi connectivity index (χ0v) is 8.52. The first-order valence-electron chi connectivity index (χ1n) is 4.52. The summed E-state index contributed by atoms with van der Waals surface area (Å²) in [5.41, 5.74) is 1.26. The molecule has 0 aliphatic carbocycles. The number of hydrogen-bond donors (Lipinski definition) is 0. The van der Waals surface area contributed by atoms with Crippen LogP contribution in [-0.2, 0) is 4.74 Å². The van der Waals surface area contributed by atoms with Gasteiger partial charge in [0.15, 0.2) is 0 Å². The minimum absolute atomic E-state index is 0.354. The van der Waals surface area contributed by atoms with E-state index in [1.807, 2.05) is 6.92 Å². The van der Waals surface area contributed by atoms with Gasteiger partial charge in [0.05, 0.1) is 18.2 Å². The summed E-state index contributed by atoms with van der Waals surface area (Å²) in [6.07, 6.45) is 1.73. The van der Waals surface area contributed by atoms with Crippen LogP contribution >= 0.6 is 0 Å². The van der Waals surface area contributed by atoms with Crippen molar-refractivity contribution in [2.24, 2.45) is 0 Å². The van der Waals surface area contributed by atoms with E-state index in [9.17, 15) is 4.79 Å². The normalized spacial score (nSPS) is 10.3. The third-order valence-corrected chi connectivity index (χ3v) is 2.12. The summed E-state index contributed by atoms with van der Waals surface area (Å²) < 4.78 is 4.63. The second-order valence-electron chi connectivity index (χ2n) is 3.18. The molecule has 0 N–H and O–H groups in total. The molecular formula is C11H10N2O2. The van der Waals surface area contributed by atoms with E-state index >= 15 is 0 Å². The number of fused-ring (bicyclic) bond motifs is 1. The molecule has 0 bridgehead atoms. The molecule has 0 unspecified atom stereocenters. The number of methoxy groups -OCH3 is 1. The van der Waals surface area contributed by atoms with Crippen molar-refractivity contribution in [3.05, 3.63) is 35.8 Å². The van der Waals surface area contributed by atoms with E-state index in [2.05, 4.69) is 14.7 Å². The van der Waals surface area contributed by atoms with Crippen molar-refractivity contribution in [1.82, 2.24) is 9.97 Å². The van der Waals surface area contributed by atoms with Crippen molar-refractivity contribution in [2.75, 3.05) is 7.11 Å².